The number of halogens is 3. The second-order valence-corrected chi connectivity index (χ2v) is 9.41. The lowest BCUT2D eigenvalue weighted by Gasteiger charge is -2.30. The second-order valence-electron chi connectivity index (χ2n) is 7.65. The maximum absolute atomic E-state index is 12.6. The van der Waals surface area contributed by atoms with Gasteiger partial charge in [0.25, 0.3) is 5.91 Å². The predicted octanol–water partition coefficient (Wildman–Crippen LogP) is 6.48. The topological polar surface area (TPSA) is 67.9 Å². The minimum absolute atomic E-state index is 0.0210. The molecule has 0 saturated heterocycles. The van der Waals surface area contributed by atoms with Crippen molar-refractivity contribution in [2.75, 3.05) is 23.4 Å². The predicted molar refractivity (Wildman–Crippen MR) is 137 cm³/mol. The van der Waals surface area contributed by atoms with Crippen LogP contribution < -0.4 is 19.7 Å². The Balaban J connectivity index is 1.35. The van der Waals surface area contributed by atoms with Gasteiger partial charge in [0.2, 0.25) is 5.91 Å². The van der Waals surface area contributed by atoms with Crippen molar-refractivity contribution in [3.05, 3.63) is 80.7 Å². The molecular formula is C25H21BrCl2N2O4. The van der Waals surface area contributed by atoms with Crippen LogP contribution in [0.1, 0.15) is 18.4 Å². The van der Waals surface area contributed by atoms with Crippen LogP contribution in [0.5, 0.6) is 11.5 Å². The van der Waals surface area contributed by atoms with Crippen LogP contribution in [0.2, 0.25) is 10.0 Å². The molecule has 0 aliphatic carbocycles. The van der Waals surface area contributed by atoms with Crippen LogP contribution in [0.25, 0.3) is 0 Å². The molecule has 2 amide bonds. The molecule has 0 radical (unpaired) electrons. The third-order valence-electron chi connectivity index (χ3n) is 5.14. The number of benzene rings is 3. The van der Waals surface area contributed by atoms with Gasteiger partial charge in [-0.2, -0.15) is 0 Å². The molecule has 1 aliphatic heterocycles. The van der Waals surface area contributed by atoms with Gasteiger partial charge in [-0.25, -0.2) is 0 Å². The van der Waals surface area contributed by atoms with Crippen molar-refractivity contribution in [1.82, 2.24) is 0 Å². The number of amides is 2. The summed E-state index contributed by atoms with van der Waals surface area (Å²) in [7, 11) is 0. The maximum atomic E-state index is 12.6. The summed E-state index contributed by atoms with van der Waals surface area (Å²) in [6, 6.07) is 18.1. The van der Waals surface area contributed by atoms with E-state index in [1.807, 2.05) is 24.3 Å². The highest BCUT2D eigenvalue weighted by atomic mass is 79.9. The average Bonchev–Trinajstić information content (AvgIpc) is 2.81. The Hall–Kier alpha value is -2.74. The number of carbonyl (C=O) groups is 2. The van der Waals surface area contributed by atoms with Gasteiger partial charge in [-0.05, 0) is 60.5 Å². The highest BCUT2D eigenvalue weighted by Crippen LogP contribution is 2.35. The van der Waals surface area contributed by atoms with E-state index in [0.29, 0.717) is 52.5 Å². The van der Waals surface area contributed by atoms with Crippen molar-refractivity contribution in [1.29, 1.82) is 0 Å². The second kappa shape index (κ2) is 11.1. The number of fused-ring (bicyclic) bond motifs is 1. The first-order valence-corrected chi connectivity index (χ1v) is 12.1. The van der Waals surface area contributed by atoms with Crippen LogP contribution in [0, 0.1) is 0 Å². The van der Waals surface area contributed by atoms with Gasteiger partial charge in [0, 0.05) is 21.6 Å². The quantitative estimate of drug-likeness (QED) is 0.318. The summed E-state index contributed by atoms with van der Waals surface area (Å²) in [6.45, 7) is 0.722. The molecule has 1 aliphatic rings. The van der Waals surface area contributed by atoms with Crippen LogP contribution in [0.15, 0.2) is 65.1 Å². The Morgan fingerprint density at radius 3 is 2.65 bits per heavy atom. The van der Waals surface area contributed by atoms with E-state index in [9.17, 15) is 9.59 Å². The van der Waals surface area contributed by atoms with E-state index in [2.05, 4.69) is 21.2 Å². The summed E-state index contributed by atoms with van der Waals surface area (Å²) in [5, 5.41) is 3.84. The first-order chi connectivity index (χ1) is 16.4. The largest absolute Gasteiger partial charge is 0.492 e. The number of nitrogens with zero attached hydrogens (tertiary/aromatic N) is 1. The zero-order valence-corrected chi connectivity index (χ0v) is 21.1. The number of ether oxygens (including phenoxy) is 2. The summed E-state index contributed by atoms with van der Waals surface area (Å²) in [4.78, 5) is 26.7. The molecular weight excluding hydrogens is 543 g/mol. The highest BCUT2D eigenvalue weighted by molar-refractivity contribution is 9.10. The van der Waals surface area contributed by atoms with Gasteiger partial charge >= 0.3 is 0 Å². The summed E-state index contributed by atoms with van der Waals surface area (Å²) in [5.41, 5.74) is 2.20. The lowest BCUT2D eigenvalue weighted by atomic mass is 10.1. The Morgan fingerprint density at radius 2 is 1.88 bits per heavy atom. The fourth-order valence-corrected chi connectivity index (χ4v) is 4.18. The van der Waals surface area contributed by atoms with E-state index >= 15 is 0 Å². The fraction of sp³-hybridized carbons (Fsp3) is 0.200. The fourth-order valence-electron chi connectivity index (χ4n) is 3.46. The van der Waals surface area contributed by atoms with E-state index in [0.717, 1.165) is 10.0 Å². The first kappa shape index (κ1) is 24.4. The van der Waals surface area contributed by atoms with Crippen molar-refractivity contribution in [3.8, 4) is 11.5 Å². The standard InChI is InChI=1S/C25H21BrCl2N2O4/c26-17-5-3-16(4-6-17)14-30-21-13-19(8-10-23(21)34-15-25(30)32)29-24(31)2-1-11-33-22-9-7-18(27)12-20(22)28/h3-10,12-13H,1-2,11,14-15H2,(H,29,31). The monoisotopic (exact) mass is 562 g/mol. The van der Waals surface area contributed by atoms with Crippen molar-refractivity contribution in [2.24, 2.45) is 0 Å². The zero-order valence-electron chi connectivity index (χ0n) is 18.0. The van der Waals surface area contributed by atoms with E-state index < -0.39 is 0 Å². The van der Waals surface area contributed by atoms with Gasteiger partial charge in [0.1, 0.15) is 11.5 Å². The van der Waals surface area contributed by atoms with Gasteiger partial charge in [0.05, 0.1) is 23.9 Å². The van der Waals surface area contributed by atoms with Gasteiger partial charge in [-0.1, -0.05) is 51.3 Å². The molecule has 9 heteroatoms. The maximum Gasteiger partial charge on any atom is 0.265 e. The molecule has 0 atom stereocenters. The molecule has 176 valence electrons. The molecule has 0 unspecified atom stereocenters. The Morgan fingerprint density at radius 1 is 1.09 bits per heavy atom. The lowest BCUT2D eigenvalue weighted by Crippen LogP contribution is -2.38. The first-order valence-electron chi connectivity index (χ1n) is 10.6. The van der Waals surface area contributed by atoms with Crippen molar-refractivity contribution in [2.45, 2.75) is 19.4 Å². The van der Waals surface area contributed by atoms with E-state index in [4.69, 9.17) is 32.7 Å². The van der Waals surface area contributed by atoms with Crippen LogP contribution in [0.3, 0.4) is 0 Å². The molecule has 0 aromatic heterocycles. The molecule has 1 N–H and O–H groups in total. The van der Waals surface area contributed by atoms with Crippen molar-refractivity contribution in [3.63, 3.8) is 0 Å². The zero-order chi connectivity index (χ0) is 24.1. The van der Waals surface area contributed by atoms with E-state index in [1.165, 1.54) is 0 Å². The minimum Gasteiger partial charge on any atom is -0.492 e. The van der Waals surface area contributed by atoms with E-state index in [-0.39, 0.29) is 24.8 Å². The SMILES string of the molecule is O=C(CCCOc1ccc(Cl)cc1Cl)Nc1ccc2c(c1)N(Cc1ccc(Br)cc1)C(=O)CO2. The Labute approximate surface area is 215 Å². The number of hydrogen-bond acceptors (Lipinski definition) is 4. The molecule has 34 heavy (non-hydrogen) atoms. The number of nitrogens with one attached hydrogen (secondary N) is 1. The molecule has 0 bridgehead atoms. The molecule has 0 saturated carbocycles. The number of hydrogen-bond donors (Lipinski definition) is 1. The molecule has 0 fully saturated rings. The molecule has 4 rings (SSSR count). The van der Waals surface area contributed by atoms with Gasteiger partial charge in [-0.15, -0.1) is 0 Å². The molecule has 3 aromatic carbocycles. The van der Waals surface area contributed by atoms with Gasteiger partial charge in [0.15, 0.2) is 6.61 Å². The summed E-state index contributed by atoms with van der Waals surface area (Å²) >= 11 is 15.4. The van der Waals surface area contributed by atoms with Crippen LogP contribution >= 0.6 is 39.1 Å². The molecule has 6 nitrogen and oxygen atoms in total. The molecule has 1 heterocycles. The smallest absolute Gasteiger partial charge is 0.265 e. The lowest BCUT2D eigenvalue weighted by molar-refractivity contribution is -0.121. The van der Waals surface area contributed by atoms with Crippen molar-refractivity contribution < 1.29 is 19.1 Å². The van der Waals surface area contributed by atoms with Crippen molar-refractivity contribution >= 4 is 62.3 Å². The number of rotatable bonds is 8. The van der Waals surface area contributed by atoms with Crippen LogP contribution in [-0.4, -0.2) is 25.0 Å². The Kier molecular flexibility index (Phi) is 7.98. The van der Waals surface area contributed by atoms with Crippen LogP contribution in [0.4, 0.5) is 11.4 Å². The average molecular weight is 564 g/mol. The molecule has 3 aromatic rings. The van der Waals surface area contributed by atoms with E-state index in [1.54, 1.807) is 41.3 Å². The van der Waals surface area contributed by atoms with Crippen LogP contribution in [-0.2, 0) is 16.1 Å². The number of carbonyl (C=O) groups excluding carboxylic acids is 2. The summed E-state index contributed by atoms with van der Waals surface area (Å²) in [6.07, 6.45) is 0.771. The third kappa shape index (κ3) is 6.23. The minimum atomic E-state index is -0.159. The Bertz CT molecular complexity index is 1200. The summed E-state index contributed by atoms with van der Waals surface area (Å²) < 4.78 is 12.2. The highest BCUT2D eigenvalue weighted by Gasteiger charge is 2.26. The molecule has 0 spiro atoms. The third-order valence-corrected chi connectivity index (χ3v) is 6.20. The number of anilines is 2. The summed E-state index contributed by atoms with van der Waals surface area (Å²) in [5.74, 6) is 0.824. The normalized spacial score (nSPS) is 12.7. The van der Waals surface area contributed by atoms with Gasteiger partial charge < -0.3 is 19.7 Å². The van der Waals surface area contributed by atoms with Gasteiger partial charge in [-0.3, -0.25) is 9.59 Å².